The van der Waals surface area contributed by atoms with Gasteiger partial charge >= 0.3 is 0 Å². The fourth-order valence-electron chi connectivity index (χ4n) is 0.763. The van der Waals surface area contributed by atoms with Crippen molar-refractivity contribution >= 4 is 17.2 Å². The van der Waals surface area contributed by atoms with E-state index in [1.807, 2.05) is 5.38 Å². The van der Waals surface area contributed by atoms with Crippen LogP contribution >= 0.6 is 11.3 Å². The van der Waals surface area contributed by atoms with Crippen molar-refractivity contribution in [2.24, 2.45) is 5.73 Å². The molecular formula is C7H11N3OS. The Kier molecular flexibility index (Phi) is 3.69. The van der Waals surface area contributed by atoms with E-state index in [0.29, 0.717) is 19.5 Å². The normalized spacial score (nSPS) is 9.75. The van der Waals surface area contributed by atoms with Crippen LogP contribution in [0.2, 0.25) is 0 Å². The van der Waals surface area contributed by atoms with Gasteiger partial charge in [0.2, 0.25) is 5.91 Å². The zero-order valence-electron chi connectivity index (χ0n) is 6.62. The van der Waals surface area contributed by atoms with Crippen molar-refractivity contribution in [3.8, 4) is 0 Å². The summed E-state index contributed by atoms with van der Waals surface area (Å²) in [6.07, 6.45) is 0.351. The van der Waals surface area contributed by atoms with E-state index in [1.54, 1.807) is 5.51 Å². The van der Waals surface area contributed by atoms with Crippen LogP contribution in [0.15, 0.2) is 10.9 Å². The van der Waals surface area contributed by atoms with Gasteiger partial charge < -0.3 is 11.1 Å². The van der Waals surface area contributed by atoms with E-state index in [-0.39, 0.29) is 5.91 Å². The fourth-order valence-corrected chi connectivity index (χ4v) is 1.32. The van der Waals surface area contributed by atoms with Crippen LogP contribution in [-0.2, 0) is 11.2 Å². The molecule has 0 spiro atoms. The lowest BCUT2D eigenvalue weighted by atomic mass is 10.3. The standard InChI is InChI=1S/C7H11N3OS/c8-1-2-9-7(11)3-6-4-12-5-10-6/h4-5H,1-3,8H2,(H,9,11). The summed E-state index contributed by atoms with van der Waals surface area (Å²) in [5, 5.41) is 4.53. The van der Waals surface area contributed by atoms with Crippen molar-refractivity contribution in [3.63, 3.8) is 0 Å². The number of hydrogen-bond acceptors (Lipinski definition) is 4. The van der Waals surface area contributed by atoms with Crippen LogP contribution in [0.1, 0.15) is 5.69 Å². The number of aromatic nitrogens is 1. The van der Waals surface area contributed by atoms with Gasteiger partial charge in [-0.15, -0.1) is 11.3 Å². The minimum atomic E-state index is -0.0219. The Morgan fingerprint density at radius 1 is 1.75 bits per heavy atom. The Hall–Kier alpha value is -0.940. The zero-order valence-corrected chi connectivity index (χ0v) is 7.43. The summed E-state index contributed by atoms with van der Waals surface area (Å²) in [6.45, 7) is 1.01. The lowest BCUT2D eigenvalue weighted by molar-refractivity contribution is -0.120. The monoisotopic (exact) mass is 185 g/mol. The summed E-state index contributed by atoms with van der Waals surface area (Å²) >= 11 is 1.49. The number of thiazole rings is 1. The topological polar surface area (TPSA) is 68.0 Å². The van der Waals surface area contributed by atoms with Gasteiger partial charge in [-0.05, 0) is 0 Å². The molecule has 0 saturated carbocycles. The van der Waals surface area contributed by atoms with Crippen molar-refractivity contribution in [1.82, 2.24) is 10.3 Å². The average Bonchev–Trinajstić information content (AvgIpc) is 2.53. The number of carbonyl (C=O) groups is 1. The predicted molar refractivity (Wildman–Crippen MR) is 47.9 cm³/mol. The molecule has 1 amide bonds. The molecule has 0 aromatic carbocycles. The van der Waals surface area contributed by atoms with Crippen LogP contribution in [-0.4, -0.2) is 24.0 Å². The van der Waals surface area contributed by atoms with Crippen molar-refractivity contribution in [3.05, 3.63) is 16.6 Å². The van der Waals surface area contributed by atoms with Gasteiger partial charge in [0.05, 0.1) is 17.6 Å². The molecule has 4 nitrogen and oxygen atoms in total. The number of carbonyl (C=O) groups excluding carboxylic acids is 1. The highest BCUT2D eigenvalue weighted by Crippen LogP contribution is 2.00. The number of nitrogens with one attached hydrogen (secondary N) is 1. The fraction of sp³-hybridized carbons (Fsp3) is 0.429. The van der Waals surface area contributed by atoms with Crippen molar-refractivity contribution < 1.29 is 4.79 Å². The molecule has 1 aromatic heterocycles. The Balaban J connectivity index is 2.27. The smallest absolute Gasteiger partial charge is 0.226 e. The Labute approximate surface area is 74.8 Å². The largest absolute Gasteiger partial charge is 0.354 e. The molecule has 0 aliphatic rings. The van der Waals surface area contributed by atoms with Crippen LogP contribution < -0.4 is 11.1 Å². The maximum atomic E-state index is 11.1. The number of hydrogen-bond donors (Lipinski definition) is 2. The van der Waals surface area contributed by atoms with Gasteiger partial charge in [-0.25, -0.2) is 4.98 Å². The summed E-state index contributed by atoms with van der Waals surface area (Å²) < 4.78 is 0. The van der Waals surface area contributed by atoms with E-state index >= 15 is 0 Å². The molecule has 0 saturated heterocycles. The number of rotatable bonds is 4. The molecule has 66 valence electrons. The molecular weight excluding hydrogens is 174 g/mol. The van der Waals surface area contributed by atoms with E-state index in [9.17, 15) is 4.79 Å². The summed E-state index contributed by atoms with van der Waals surface area (Å²) in [6, 6.07) is 0. The highest BCUT2D eigenvalue weighted by atomic mass is 32.1. The first kappa shape index (κ1) is 9.15. The Morgan fingerprint density at radius 3 is 3.17 bits per heavy atom. The number of amides is 1. The van der Waals surface area contributed by atoms with E-state index < -0.39 is 0 Å². The second kappa shape index (κ2) is 4.84. The van der Waals surface area contributed by atoms with Gasteiger partial charge in [-0.1, -0.05) is 0 Å². The lowest BCUT2D eigenvalue weighted by Gasteiger charge is -1.99. The van der Waals surface area contributed by atoms with Gasteiger partial charge in [0, 0.05) is 18.5 Å². The van der Waals surface area contributed by atoms with Gasteiger partial charge in [-0.2, -0.15) is 0 Å². The first-order valence-corrected chi connectivity index (χ1v) is 4.61. The van der Waals surface area contributed by atoms with E-state index in [1.165, 1.54) is 11.3 Å². The molecule has 0 radical (unpaired) electrons. The molecule has 5 heteroatoms. The summed E-state index contributed by atoms with van der Waals surface area (Å²) in [4.78, 5) is 15.1. The third-order valence-electron chi connectivity index (χ3n) is 1.29. The highest BCUT2D eigenvalue weighted by molar-refractivity contribution is 7.07. The highest BCUT2D eigenvalue weighted by Gasteiger charge is 2.02. The number of nitrogens with two attached hydrogens (primary N) is 1. The van der Waals surface area contributed by atoms with E-state index in [0.717, 1.165) is 5.69 Å². The molecule has 0 aliphatic carbocycles. The van der Waals surface area contributed by atoms with Gasteiger partial charge in [0.15, 0.2) is 0 Å². The van der Waals surface area contributed by atoms with Gasteiger partial charge in [-0.3, -0.25) is 4.79 Å². The quantitative estimate of drug-likeness (QED) is 0.680. The van der Waals surface area contributed by atoms with Gasteiger partial charge in [0.1, 0.15) is 0 Å². The van der Waals surface area contributed by atoms with Gasteiger partial charge in [0.25, 0.3) is 0 Å². The number of nitrogens with zero attached hydrogens (tertiary/aromatic N) is 1. The molecule has 1 rings (SSSR count). The first-order chi connectivity index (χ1) is 5.83. The second-order valence-electron chi connectivity index (χ2n) is 2.30. The molecule has 0 atom stereocenters. The van der Waals surface area contributed by atoms with Crippen molar-refractivity contribution in [2.45, 2.75) is 6.42 Å². The lowest BCUT2D eigenvalue weighted by Crippen LogP contribution is -2.30. The maximum Gasteiger partial charge on any atom is 0.226 e. The van der Waals surface area contributed by atoms with Crippen LogP contribution in [0.5, 0.6) is 0 Å². The summed E-state index contributed by atoms with van der Waals surface area (Å²) in [5.41, 5.74) is 7.75. The Bertz CT molecular complexity index is 235. The summed E-state index contributed by atoms with van der Waals surface area (Å²) in [7, 11) is 0. The molecule has 0 fully saturated rings. The van der Waals surface area contributed by atoms with Crippen molar-refractivity contribution in [2.75, 3.05) is 13.1 Å². The molecule has 12 heavy (non-hydrogen) atoms. The minimum absolute atomic E-state index is 0.0219. The Morgan fingerprint density at radius 2 is 2.58 bits per heavy atom. The molecule has 1 aromatic rings. The molecule has 3 N–H and O–H groups in total. The minimum Gasteiger partial charge on any atom is -0.354 e. The van der Waals surface area contributed by atoms with Crippen LogP contribution in [0, 0.1) is 0 Å². The SMILES string of the molecule is NCCNC(=O)Cc1cscn1. The third kappa shape index (κ3) is 2.98. The molecule has 0 unspecified atom stereocenters. The van der Waals surface area contributed by atoms with Crippen LogP contribution in [0.25, 0.3) is 0 Å². The predicted octanol–water partition coefficient (Wildman–Crippen LogP) is -0.240. The first-order valence-electron chi connectivity index (χ1n) is 3.66. The van der Waals surface area contributed by atoms with E-state index in [2.05, 4.69) is 10.3 Å². The van der Waals surface area contributed by atoms with Crippen molar-refractivity contribution in [1.29, 1.82) is 0 Å². The average molecular weight is 185 g/mol. The van der Waals surface area contributed by atoms with Crippen LogP contribution in [0.3, 0.4) is 0 Å². The molecule has 1 heterocycles. The zero-order chi connectivity index (χ0) is 8.81. The second-order valence-corrected chi connectivity index (χ2v) is 3.01. The maximum absolute atomic E-state index is 11.1. The third-order valence-corrected chi connectivity index (χ3v) is 1.93. The van der Waals surface area contributed by atoms with E-state index in [4.69, 9.17) is 5.73 Å². The molecule has 0 aliphatic heterocycles. The molecule has 0 bridgehead atoms. The summed E-state index contributed by atoms with van der Waals surface area (Å²) in [5.74, 6) is -0.0219. The van der Waals surface area contributed by atoms with Crippen LogP contribution in [0.4, 0.5) is 0 Å².